The van der Waals surface area contributed by atoms with Crippen LogP contribution < -0.4 is 0 Å². The van der Waals surface area contributed by atoms with Crippen molar-refractivity contribution < 1.29 is 8.42 Å². The van der Waals surface area contributed by atoms with E-state index in [-0.39, 0.29) is 4.90 Å². The maximum absolute atomic E-state index is 12.6. The Morgan fingerprint density at radius 1 is 1.24 bits per heavy atom. The second-order valence-corrected chi connectivity index (χ2v) is 7.56. The lowest BCUT2D eigenvalue weighted by Gasteiger charge is -2.20. The molecule has 0 radical (unpaired) electrons. The van der Waals surface area contributed by atoms with Gasteiger partial charge < -0.3 is 0 Å². The van der Waals surface area contributed by atoms with Gasteiger partial charge in [0.2, 0.25) is 10.0 Å². The molecule has 0 bridgehead atoms. The van der Waals surface area contributed by atoms with E-state index < -0.39 is 10.0 Å². The molecular weight excluding hydrogens is 284 g/mol. The summed E-state index contributed by atoms with van der Waals surface area (Å²) >= 11 is 0. The molecule has 5 heteroatoms. The standard InChI is InChI=1S/C16H22N2O2S/c1-2-4-14-5-3-11-18(12-10-14)21(19,20)16-8-6-15(13-17)7-9-16/h6-9,14H,2-5,10-12H2,1H3. The summed E-state index contributed by atoms with van der Waals surface area (Å²) in [6.45, 7) is 3.38. The fourth-order valence-corrected chi connectivity index (χ4v) is 4.42. The average molecular weight is 306 g/mol. The van der Waals surface area contributed by atoms with Crippen molar-refractivity contribution in [3.8, 4) is 6.07 Å². The highest BCUT2D eigenvalue weighted by atomic mass is 32.2. The molecule has 0 aromatic heterocycles. The molecule has 2 rings (SSSR count). The number of hydrogen-bond acceptors (Lipinski definition) is 3. The molecule has 1 saturated heterocycles. The molecule has 1 heterocycles. The number of benzene rings is 1. The third-order valence-electron chi connectivity index (χ3n) is 4.12. The molecule has 21 heavy (non-hydrogen) atoms. The minimum atomic E-state index is -3.42. The van der Waals surface area contributed by atoms with E-state index in [1.165, 1.54) is 18.6 Å². The highest BCUT2D eigenvalue weighted by Crippen LogP contribution is 2.25. The van der Waals surface area contributed by atoms with Crippen molar-refractivity contribution in [2.45, 2.75) is 43.9 Å². The number of sulfonamides is 1. The summed E-state index contributed by atoms with van der Waals surface area (Å²) in [5.41, 5.74) is 0.479. The quantitative estimate of drug-likeness (QED) is 0.858. The Balaban J connectivity index is 2.13. The zero-order valence-electron chi connectivity index (χ0n) is 12.5. The Bertz CT molecular complexity index is 602. The van der Waals surface area contributed by atoms with Gasteiger partial charge in [0, 0.05) is 13.1 Å². The van der Waals surface area contributed by atoms with E-state index >= 15 is 0 Å². The summed E-state index contributed by atoms with van der Waals surface area (Å²) in [5, 5.41) is 8.79. The zero-order chi connectivity index (χ0) is 15.3. The Labute approximate surface area is 127 Å². The van der Waals surface area contributed by atoms with Crippen molar-refractivity contribution in [3.05, 3.63) is 29.8 Å². The third-order valence-corrected chi connectivity index (χ3v) is 6.04. The number of nitrogens with zero attached hydrogens (tertiary/aromatic N) is 2. The van der Waals surface area contributed by atoms with Gasteiger partial charge in [-0.05, 0) is 49.4 Å². The SMILES string of the molecule is CCCC1CCCN(S(=O)(=O)c2ccc(C#N)cc2)CC1. The fourth-order valence-electron chi connectivity index (χ4n) is 2.93. The Hall–Kier alpha value is -1.38. The van der Waals surface area contributed by atoms with Crippen molar-refractivity contribution >= 4 is 10.0 Å². The highest BCUT2D eigenvalue weighted by Gasteiger charge is 2.27. The van der Waals surface area contributed by atoms with E-state index in [4.69, 9.17) is 5.26 Å². The van der Waals surface area contributed by atoms with Gasteiger partial charge in [-0.1, -0.05) is 19.8 Å². The van der Waals surface area contributed by atoms with Gasteiger partial charge >= 0.3 is 0 Å². The third kappa shape index (κ3) is 3.84. The molecule has 1 aliphatic heterocycles. The lowest BCUT2D eigenvalue weighted by atomic mass is 9.96. The van der Waals surface area contributed by atoms with Gasteiger partial charge in [0.05, 0.1) is 16.5 Å². The maximum atomic E-state index is 12.6. The molecule has 0 N–H and O–H groups in total. The minimum Gasteiger partial charge on any atom is -0.207 e. The molecule has 1 aliphatic rings. The minimum absolute atomic E-state index is 0.287. The summed E-state index contributed by atoms with van der Waals surface area (Å²) < 4.78 is 26.9. The number of nitriles is 1. The van der Waals surface area contributed by atoms with Crippen LogP contribution in [-0.4, -0.2) is 25.8 Å². The monoisotopic (exact) mass is 306 g/mol. The summed E-state index contributed by atoms with van der Waals surface area (Å²) in [5.74, 6) is 0.649. The van der Waals surface area contributed by atoms with Crippen molar-refractivity contribution in [2.75, 3.05) is 13.1 Å². The molecule has 0 aliphatic carbocycles. The van der Waals surface area contributed by atoms with Crippen molar-refractivity contribution in [1.82, 2.24) is 4.31 Å². The van der Waals surface area contributed by atoms with Crippen LogP contribution in [0, 0.1) is 17.2 Å². The molecule has 114 valence electrons. The van der Waals surface area contributed by atoms with E-state index in [0.29, 0.717) is 24.6 Å². The van der Waals surface area contributed by atoms with Gasteiger partial charge in [-0.3, -0.25) is 0 Å². The van der Waals surface area contributed by atoms with Crippen LogP contribution in [0.15, 0.2) is 29.2 Å². The molecule has 1 fully saturated rings. The normalized spacial score (nSPS) is 20.7. The highest BCUT2D eigenvalue weighted by molar-refractivity contribution is 7.89. The van der Waals surface area contributed by atoms with E-state index in [0.717, 1.165) is 25.7 Å². The largest absolute Gasteiger partial charge is 0.243 e. The molecule has 0 saturated carbocycles. The Morgan fingerprint density at radius 3 is 2.57 bits per heavy atom. The van der Waals surface area contributed by atoms with Gasteiger partial charge in [-0.25, -0.2) is 8.42 Å². The second kappa shape index (κ2) is 7.06. The molecule has 1 aromatic carbocycles. The maximum Gasteiger partial charge on any atom is 0.243 e. The van der Waals surface area contributed by atoms with Crippen LogP contribution in [0.25, 0.3) is 0 Å². The molecular formula is C16H22N2O2S. The predicted octanol–water partition coefficient (Wildman–Crippen LogP) is 3.15. The predicted molar refractivity (Wildman–Crippen MR) is 82.2 cm³/mol. The summed E-state index contributed by atoms with van der Waals surface area (Å²) in [4.78, 5) is 0.287. The van der Waals surface area contributed by atoms with Crippen molar-refractivity contribution in [1.29, 1.82) is 5.26 Å². The topological polar surface area (TPSA) is 61.2 Å². The summed E-state index contributed by atoms with van der Waals surface area (Å²) in [6, 6.07) is 8.19. The second-order valence-electron chi connectivity index (χ2n) is 5.63. The van der Waals surface area contributed by atoms with Gasteiger partial charge in [0.1, 0.15) is 0 Å². The fraction of sp³-hybridized carbons (Fsp3) is 0.562. The van der Waals surface area contributed by atoms with Gasteiger partial charge in [0.25, 0.3) is 0 Å². The van der Waals surface area contributed by atoms with Crippen molar-refractivity contribution in [2.24, 2.45) is 5.92 Å². The summed E-state index contributed by atoms with van der Waals surface area (Å²) in [6.07, 6.45) is 5.34. The molecule has 0 amide bonds. The molecule has 0 spiro atoms. The zero-order valence-corrected chi connectivity index (χ0v) is 13.3. The van der Waals surface area contributed by atoms with E-state index in [1.54, 1.807) is 16.4 Å². The van der Waals surface area contributed by atoms with Crippen LogP contribution in [0.3, 0.4) is 0 Å². The first-order chi connectivity index (χ1) is 10.1. The van der Waals surface area contributed by atoms with Gasteiger partial charge in [0.15, 0.2) is 0 Å². The van der Waals surface area contributed by atoms with Crippen LogP contribution in [0.2, 0.25) is 0 Å². The van der Waals surface area contributed by atoms with Crippen LogP contribution in [0.1, 0.15) is 44.6 Å². The van der Waals surface area contributed by atoms with Gasteiger partial charge in [-0.15, -0.1) is 0 Å². The Morgan fingerprint density at radius 2 is 1.95 bits per heavy atom. The van der Waals surface area contributed by atoms with Crippen LogP contribution in [0.4, 0.5) is 0 Å². The molecule has 1 atom stereocenters. The first-order valence-corrected chi connectivity index (χ1v) is 9.02. The first-order valence-electron chi connectivity index (χ1n) is 7.58. The van der Waals surface area contributed by atoms with E-state index in [1.807, 2.05) is 6.07 Å². The van der Waals surface area contributed by atoms with Gasteiger partial charge in [-0.2, -0.15) is 9.57 Å². The average Bonchev–Trinajstić information content (AvgIpc) is 2.74. The molecule has 4 nitrogen and oxygen atoms in total. The first kappa shape index (κ1) is 16.0. The lowest BCUT2D eigenvalue weighted by molar-refractivity contribution is 0.400. The number of hydrogen-bond donors (Lipinski definition) is 0. The van der Waals surface area contributed by atoms with E-state index in [2.05, 4.69) is 6.92 Å². The van der Waals surface area contributed by atoms with Crippen molar-refractivity contribution in [3.63, 3.8) is 0 Å². The van der Waals surface area contributed by atoms with Crippen LogP contribution in [-0.2, 0) is 10.0 Å². The Kier molecular flexibility index (Phi) is 5.38. The smallest absolute Gasteiger partial charge is 0.207 e. The van der Waals surface area contributed by atoms with Crippen LogP contribution >= 0.6 is 0 Å². The lowest BCUT2D eigenvalue weighted by Crippen LogP contribution is -2.32. The molecule has 1 aromatic rings. The van der Waals surface area contributed by atoms with Crippen LogP contribution in [0.5, 0.6) is 0 Å². The summed E-state index contributed by atoms with van der Waals surface area (Å²) in [7, 11) is -3.42. The molecule has 1 unspecified atom stereocenters. The van der Waals surface area contributed by atoms with E-state index in [9.17, 15) is 8.42 Å². The number of rotatable bonds is 4.